The fourth-order valence-electron chi connectivity index (χ4n) is 2.69. The van der Waals surface area contributed by atoms with E-state index in [1.807, 2.05) is 19.1 Å². The number of pyridine rings is 2. The van der Waals surface area contributed by atoms with Crippen molar-refractivity contribution in [2.24, 2.45) is 10.7 Å². The molecule has 9 heteroatoms. The zero-order chi connectivity index (χ0) is 22.3. The first kappa shape index (κ1) is 22.4. The van der Waals surface area contributed by atoms with Crippen LogP contribution < -0.4 is 11.2 Å². The van der Waals surface area contributed by atoms with E-state index >= 15 is 0 Å². The fraction of sp³-hybridized carbons (Fsp3) is 0.190. The Morgan fingerprint density at radius 2 is 2.20 bits per heavy atom. The summed E-state index contributed by atoms with van der Waals surface area (Å²) in [5.41, 5.74) is 7.48. The summed E-state index contributed by atoms with van der Waals surface area (Å²) in [4.78, 5) is 21.0. The third kappa shape index (κ3) is 4.93. The van der Waals surface area contributed by atoms with Crippen LogP contribution in [-0.2, 0) is 4.79 Å². The molecule has 0 aliphatic heterocycles. The molecule has 0 aliphatic rings. The van der Waals surface area contributed by atoms with Crippen molar-refractivity contribution in [3.63, 3.8) is 0 Å². The van der Waals surface area contributed by atoms with Crippen molar-refractivity contribution in [3.8, 4) is 0 Å². The molecule has 0 spiro atoms. The number of amides is 1. The lowest BCUT2D eigenvalue weighted by Crippen LogP contribution is -2.42. The molecule has 1 atom stereocenters. The Balaban J connectivity index is 2.40. The van der Waals surface area contributed by atoms with Gasteiger partial charge in [0.05, 0.1) is 11.7 Å². The van der Waals surface area contributed by atoms with E-state index in [0.717, 1.165) is 16.2 Å². The van der Waals surface area contributed by atoms with Crippen LogP contribution in [0, 0.1) is 23.6 Å². The molecule has 4 N–H and O–H groups in total. The number of rotatable bonds is 7. The monoisotopic (exact) mass is 409 g/mol. The van der Waals surface area contributed by atoms with Crippen LogP contribution in [0.25, 0.3) is 11.6 Å². The molecule has 2 heterocycles. The average Bonchev–Trinajstić information content (AvgIpc) is 2.74. The van der Waals surface area contributed by atoms with Gasteiger partial charge in [-0.05, 0) is 37.6 Å². The van der Waals surface area contributed by atoms with Crippen molar-refractivity contribution in [1.29, 1.82) is 10.8 Å². The Labute approximate surface area is 173 Å². The maximum absolute atomic E-state index is 14.4. The lowest BCUT2D eigenvalue weighted by atomic mass is 10.1. The van der Waals surface area contributed by atoms with Gasteiger partial charge >= 0.3 is 0 Å². The molecule has 8 nitrogen and oxygen atoms in total. The number of aromatic nitrogens is 2. The van der Waals surface area contributed by atoms with Gasteiger partial charge in [0.1, 0.15) is 5.84 Å². The van der Waals surface area contributed by atoms with Gasteiger partial charge in [0, 0.05) is 49.2 Å². The fourth-order valence-corrected chi connectivity index (χ4v) is 2.69. The molecule has 0 saturated carbocycles. The average molecular weight is 409 g/mol. The van der Waals surface area contributed by atoms with Crippen LogP contribution in [0.2, 0.25) is 0 Å². The van der Waals surface area contributed by atoms with Crippen LogP contribution in [-0.4, -0.2) is 46.0 Å². The summed E-state index contributed by atoms with van der Waals surface area (Å²) in [6.07, 6.45) is 9.49. The molecule has 2 aromatic heterocycles. The number of hydrogen-bond donors (Lipinski definition) is 3. The Kier molecular flexibility index (Phi) is 7.51. The van der Waals surface area contributed by atoms with E-state index in [4.69, 9.17) is 16.6 Å². The number of nitrogens with zero attached hydrogens (tertiary/aromatic N) is 4. The number of aryl methyl sites for hydroxylation is 1. The first-order valence-electron chi connectivity index (χ1n) is 9.06. The second-order valence-electron chi connectivity index (χ2n) is 6.44. The topological polar surface area (TPSA) is 124 Å². The van der Waals surface area contributed by atoms with Gasteiger partial charge in [-0.2, -0.15) is 0 Å². The van der Waals surface area contributed by atoms with Gasteiger partial charge in [-0.15, -0.1) is 0 Å². The van der Waals surface area contributed by atoms with E-state index in [9.17, 15) is 9.18 Å². The first-order chi connectivity index (χ1) is 14.3. The number of hydrogen-bond acceptors (Lipinski definition) is 6. The van der Waals surface area contributed by atoms with Crippen LogP contribution in [0.15, 0.2) is 48.0 Å². The van der Waals surface area contributed by atoms with Crippen LogP contribution in [0.3, 0.4) is 0 Å². The lowest BCUT2D eigenvalue weighted by molar-refractivity contribution is -0.116. The summed E-state index contributed by atoms with van der Waals surface area (Å²) in [5.74, 6) is -0.995. The van der Waals surface area contributed by atoms with E-state index in [0.29, 0.717) is 23.2 Å². The second-order valence-corrected chi connectivity index (χ2v) is 6.44. The molecule has 0 fully saturated rings. The minimum atomic E-state index is -0.828. The number of aliphatic imine (C=N–C) groups is 1. The number of allylic oxidation sites excluding steroid dienone is 1. The zero-order valence-corrected chi connectivity index (χ0v) is 17.0. The van der Waals surface area contributed by atoms with Gasteiger partial charge in [0.15, 0.2) is 11.3 Å². The third-order valence-electron chi connectivity index (χ3n) is 4.48. The van der Waals surface area contributed by atoms with E-state index < -0.39 is 17.3 Å². The zero-order valence-electron chi connectivity index (χ0n) is 17.0. The molecule has 0 aromatic carbocycles. The standard InChI is InChI=1S/C21H24FN7O/c1-14-5-4-7-27-19(14)6-8-28(13-30)15(2)20(24)29-12-16(9-18(22)21(29)25)17(10-23)11-26-3/h4-13,15,24-25H,23H2,1-3H3/b8-6-,17-10?,24-20?,25-21?,26-11?. The van der Waals surface area contributed by atoms with Gasteiger partial charge in [-0.3, -0.25) is 30.2 Å². The Hall–Kier alpha value is -3.88. The largest absolute Gasteiger partial charge is 0.404 e. The molecule has 0 radical (unpaired) electrons. The van der Waals surface area contributed by atoms with Crippen molar-refractivity contribution < 1.29 is 9.18 Å². The van der Waals surface area contributed by atoms with Gasteiger partial charge in [-0.25, -0.2) is 4.39 Å². The second kappa shape index (κ2) is 10.1. The van der Waals surface area contributed by atoms with Crippen LogP contribution in [0.4, 0.5) is 4.39 Å². The summed E-state index contributed by atoms with van der Waals surface area (Å²) in [5, 5.41) is 16.5. The van der Waals surface area contributed by atoms with E-state index in [1.54, 1.807) is 26.2 Å². The Morgan fingerprint density at radius 3 is 2.80 bits per heavy atom. The van der Waals surface area contributed by atoms with Crippen molar-refractivity contribution in [2.45, 2.75) is 19.9 Å². The predicted octanol–water partition coefficient (Wildman–Crippen LogP) is 2.15. The van der Waals surface area contributed by atoms with Crippen molar-refractivity contribution >= 4 is 30.1 Å². The van der Waals surface area contributed by atoms with E-state index in [1.165, 1.54) is 29.7 Å². The molecule has 0 aliphatic carbocycles. The minimum absolute atomic E-state index is 0.167. The number of carbonyl (C=O) groups excluding carboxylic acids is 1. The van der Waals surface area contributed by atoms with Crippen LogP contribution in [0.5, 0.6) is 0 Å². The molecule has 2 aromatic rings. The molecular weight excluding hydrogens is 385 g/mol. The van der Waals surface area contributed by atoms with Gasteiger partial charge in [0.25, 0.3) is 0 Å². The van der Waals surface area contributed by atoms with Crippen molar-refractivity contribution in [2.75, 3.05) is 7.05 Å². The van der Waals surface area contributed by atoms with Crippen LogP contribution in [0.1, 0.15) is 23.7 Å². The maximum Gasteiger partial charge on any atom is 0.214 e. The molecule has 30 heavy (non-hydrogen) atoms. The quantitative estimate of drug-likeness (QED) is 0.369. The van der Waals surface area contributed by atoms with Crippen LogP contribution >= 0.6 is 0 Å². The predicted molar refractivity (Wildman–Crippen MR) is 115 cm³/mol. The third-order valence-corrected chi connectivity index (χ3v) is 4.48. The molecular formula is C21H24FN7O. The smallest absolute Gasteiger partial charge is 0.214 e. The SMILES string of the molecule is CN=CC(=CN)c1cc(F)c(=N)n(C(=N)C(C)N(C=O)/C=C\c2ncccc2C)c1. The number of carbonyl (C=O) groups is 1. The molecule has 0 bridgehead atoms. The molecule has 0 saturated heterocycles. The summed E-state index contributed by atoms with van der Waals surface area (Å²) in [6.45, 7) is 3.50. The summed E-state index contributed by atoms with van der Waals surface area (Å²) in [6, 6.07) is 4.07. The van der Waals surface area contributed by atoms with E-state index in [-0.39, 0.29) is 5.84 Å². The number of nitrogens with two attached hydrogens (primary N) is 1. The van der Waals surface area contributed by atoms with Crippen molar-refractivity contribution in [3.05, 3.63) is 71.1 Å². The lowest BCUT2D eigenvalue weighted by Gasteiger charge is -2.24. The molecule has 1 unspecified atom stereocenters. The highest BCUT2D eigenvalue weighted by Gasteiger charge is 2.19. The Bertz CT molecular complexity index is 1090. The first-order valence-corrected chi connectivity index (χ1v) is 9.06. The Morgan fingerprint density at radius 1 is 1.47 bits per heavy atom. The summed E-state index contributed by atoms with van der Waals surface area (Å²) in [7, 11) is 1.55. The highest BCUT2D eigenvalue weighted by molar-refractivity contribution is 6.09. The molecule has 2 rings (SSSR count). The molecule has 1 amide bonds. The molecule has 156 valence electrons. The number of halogens is 1. The normalized spacial score (nSPS) is 13.0. The number of nitrogens with one attached hydrogen (secondary N) is 2. The highest BCUT2D eigenvalue weighted by Crippen LogP contribution is 2.13. The summed E-state index contributed by atoms with van der Waals surface area (Å²) >= 11 is 0. The maximum atomic E-state index is 14.4. The van der Waals surface area contributed by atoms with Gasteiger partial charge in [0.2, 0.25) is 6.41 Å². The minimum Gasteiger partial charge on any atom is -0.404 e. The van der Waals surface area contributed by atoms with Gasteiger partial charge < -0.3 is 10.6 Å². The highest BCUT2D eigenvalue weighted by atomic mass is 19.1. The summed E-state index contributed by atoms with van der Waals surface area (Å²) < 4.78 is 15.4. The van der Waals surface area contributed by atoms with Crippen molar-refractivity contribution in [1.82, 2.24) is 14.5 Å². The van der Waals surface area contributed by atoms with E-state index in [2.05, 4.69) is 9.98 Å². The van der Waals surface area contributed by atoms with Gasteiger partial charge in [-0.1, -0.05) is 6.07 Å².